The lowest BCUT2D eigenvalue weighted by Crippen LogP contribution is -2.23. The molecule has 0 radical (unpaired) electrons. The molecule has 20 heavy (non-hydrogen) atoms. The van der Waals surface area contributed by atoms with Crippen molar-refractivity contribution in [1.29, 1.82) is 0 Å². The number of ether oxygens (including phenoxy) is 1. The van der Waals surface area contributed by atoms with Crippen LogP contribution in [-0.4, -0.2) is 43.3 Å². The smallest absolute Gasteiger partial charge is 0.147 e. The molecule has 1 aliphatic rings. The summed E-state index contributed by atoms with van der Waals surface area (Å²) in [6, 6.07) is 0. The van der Waals surface area contributed by atoms with Crippen LogP contribution in [0.25, 0.3) is 0 Å². The Bertz CT molecular complexity index is 393. The molecule has 0 aromatic carbocycles. The molecule has 1 fully saturated rings. The lowest BCUT2D eigenvalue weighted by molar-refractivity contribution is 0.161. The molecule has 2 rings (SSSR count). The highest BCUT2D eigenvalue weighted by molar-refractivity contribution is 5.37. The van der Waals surface area contributed by atoms with E-state index in [2.05, 4.69) is 34.0 Å². The maximum absolute atomic E-state index is 5.22. The normalized spacial score (nSPS) is 19.0. The van der Waals surface area contributed by atoms with E-state index >= 15 is 0 Å². The summed E-state index contributed by atoms with van der Waals surface area (Å²) in [5.74, 6) is 2.26. The van der Waals surface area contributed by atoms with E-state index in [1.165, 1.54) is 6.42 Å². The largest absolute Gasteiger partial charge is 0.384 e. The first-order valence-corrected chi connectivity index (χ1v) is 7.44. The van der Waals surface area contributed by atoms with Crippen molar-refractivity contribution in [3.63, 3.8) is 0 Å². The Balaban J connectivity index is 1.82. The van der Waals surface area contributed by atoms with Crippen LogP contribution in [0.1, 0.15) is 26.0 Å². The van der Waals surface area contributed by atoms with E-state index in [0.717, 1.165) is 44.3 Å². The van der Waals surface area contributed by atoms with Crippen molar-refractivity contribution in [3.8, 4) is 0 Å². The van der Waals surface area contributed by atoms with E-state index in [9.17, 15) is 0 Å². The zero-order chi connectivity index (χ0) is 14.4. The lowest BCUT2D eigenvalue weighted by Gasteiger charge is -2.17. The Hall–Kier alpha value is -1.20. The second-order valence-electron chi connectivity index (χ2n) is 5.95. The predicted octanol–water partition coefficient (Wildman–Crippen LogP) is 1.69. The summed E-state index contributed by atoms with van der Waals surface area (Å²) >= 11 is 0. The van der Waals surface area contributed by atoms with Crippen molar-refractivity contribution in [2.45, 2.75) is 26.8 Å². The first kappa shape index (κ1) is 15.2. The maximum atomic E-state index is 5.22. The Morgan fingerprint density at radius 1 is 1.40 bits per heavy atom. The summed E-state index contributed by atoms with van der Waals surface area (Å²) in [7, 11) is 1.77. The van der Waals surface area contributed by atoms with Gasteiger partial charge in [0.25, 0.3) is 0 Å². The van der Waals surface area contributed by atoms with Gasteiger partial charge in [-0.15, -0.1) is 0 Å². The van der Waals surface area contributed by atoms with Crippen molar-refractivity contribution >= 4 is 5.82 Å². The number of methoxy groups -OCH3 is 1. The Morgan fingerprint density at radius 2 is 2.25 bits per heavy atom. The van der Waals surface area contributed by atoms with Crippen molar-refractivity contribution in [2.24, 2.45) is 11.8 Å². The number of nitrogens with one attached hydrogen (secondary N) is 1. The van der Waals surface area contributed by atoms with E-state index in [1.807, 2.05) is 12.4 Å². The monoisotopic (exact) mass is 278 g/mol. The molecule has 1 unspecified atom stereocenters. The number of hydrogen-bond acceptors (Lipinski definition) is 5. The fourth-order valence-corrected chi connectivity index (χ4v) is 2.50. The van der Waals surface area contributed by atoms with Crippen LogP contribution in [0, 0.1) is 11.8 Å². The molecule has 1 aromatic heterocycles. The molecule has 0 amide bonds. The maximum Gasteiger partial charge on any atom is 0.147 e. The van der Waals surface area contributed by atoms with Gasteiger partial charge in [0.05, 0.1) is 24.7 Å². The minimum atomic E-state index is 0.620. The van der Waals surface area contributed by atoms with Gasteiger partial charge in [-0.2, -0.15) is 0 Å². The molecule has 112 valence electrons. The summed E-state index contributed by atoms with van der Waals surface area (Å²) < 4.78 is 5.22. The van der Waals surface area contributed by atoms with E-state index in [4.69, 9.17) is 4.74 Å². The van der Waals surface area contributed by atoms with Crippen LogP contribution in [0.4, 0.5) is 5.82 Å². The van der Waals surface area contributed by atoms with Gasteiger partial charge in [-0.1, -0.05) is 13.8 Å². The quantitative estimate of drug-likeness (QED) is 0.822. The minimum Gasteiger partial charge on any atom is -0.384 e. The van der Waals surface area contributed by atoms with Gasteiger partial charge >= 0.3 is 0 Å². The summed E-state index contributed by atoms with van der Waals surface area (Å²) in [6.45, 7) is 9.10. The molecule has 0 spiro atoms. The fourth-order valence-electron chi connectivity index (χ4n) is 2.50. The van der Waals surface area contributed by atoms with Crippen molar-refractivity contribution < 1.29 is 4.74 Å². The third kappa shape index (κ3) is 4.42. The van der Waals surface area contributed by atoms with E-state index in [1.54, 1.807) is 7.11 Å². The second-order valence-corrected chi connectivity index (χ2v) is 5.95. The van der Waals surface area contributed by atoms with Crippen molar-refractivity contribution in [2.75, 3.05) is 38.3 Å². The molecule has 1 N–H and O–H groups in total. The number of aromatic nitrogens is 2. The van der Waals surface area contributed by atoms with E-state index in [0.29, 0.717) is 11.8 Å². The van der Waals surface area contributed by atoms with E-state index < -0.39 is 0 Å². The third-order valence-corrected chi connectivity index (χ3v) is 3.56. The average Bonchev–Trinajstić information content (AvgIpc) is 2.88. The SMILES string of the molecule is COCC1CCN(c2cnc(CNCC(C)C)cn2)C1. The molecule has 2 heterocycles. The highest BCUT2D eigenvalue weighted by Crippen LogP contribution is 2.21. The molecule has 1 aromatic rings. The van der Waals surface area contributed by atoms with Crippen LogP contribution in [0.5, 0.6) is 0 Å². The van der Waals surface area contributed by atoms with E-state index in [-0.39, 0.29) is 0 Å². The highest BCUT2D eigenvalue weighted by Gasteiger charge is 2.23. The number of nitrogens with zero attached hydrogens (tertiary/aromatic N) is 3. The minimum absolute atomic E-state index is 0.620. The number of rotatable bonds is 7. The van der Waals surface area contributed by atoms with Crippen LogP contribution in [0.3, 0.4) is 0 Å². The Morgan fingerprint density at radius 3 is 2.90 bits per heavy atom. The topological polar surface area (TPSA) is 50.3 Å². The zero-order valence-corrected chi connectivity index (χ0v) is 12.8. The van der Waals surface area contributed by atoms with Crippen molar-refractivity contribution in [1.82, 2.24) is 15.3 Å². The van der Waals surface area contributed by atoms with Gasteiger partial charge < -0.3 is 15.0 Å². The van der Waals surface area contributed by atoms with Crippen LogP contribution >= 0.6 is 0 Å². The molecule has 0 bridgehead atoms. The molecule has 5 nitrogen and oxygen atoms in total. The van der Waals surface area contributed by atoms with Crippen LogP contribution in [0.15, 0.2) is 12.4 Å². The molecule has 0 aliphatic carbocycles. The van der Waals surface area contributed by atoms with Gasteiger partial charge in [0, 0.05) is 32.7 Å². The van der Waals surface area contributed by atoms with Gasteiger partial charge in [-0.3, -0.25) is 4.98 Å². The molecular weight excluding hydrogens is 252 g/mol. The standard InChI is InChI=1S/C15H26N4O/c1-12(2)6-16-7-14-8-18-15(9-17-14)19-5-4-13(10-19)11-20-3/h8-9,12-13,16H,4-7,10-11H2,1-3H3. The van der Waals surface area contributed by atoms with Gasteiger partial charge in [-0.05, 0) is 18.9 Å². The summed E-state index contributed by atoms with van der Waals surface area (Å²) in [5.41, 5.74) is 1.00. The van der Waals surface area contributed by atoms with Gasteiger partial charge in [-0.25, -0.2) is 4.98 Å². The second kappa shape index (κ2) is 7.55. The number of hydrogen-bond donors (Lipinski definition) is 1. The summed E-state index contributed by atoms with van der Waals surface area (Å²) in [6.07, 6.45) is 4.95. The average molecular weight is 278 g/mol. The van der Waals surface area contributed by atoms with Crippen LogP contribution in [-0.2, 0) is 11.3 Å². The molecule has 0 saturated carbocycles. The lowest BCUT2D eigenvalue weighted by atomic mass is 10.1. The summed E-state index contributed by atoms with van der Waals surface area (Å²) in [4.78, 5) is 11.3. The zero-order valence-electron chi connectivity index (χ0n) is 12.8. The molecule has 1 saturated heterocycles. The van der Waals surface area contributed by atoms with Gasteiger partial charge in [0.15, 0.2) is 0 Å². The molecule has 1 atom stereocenters. The number of anilines is 1. The first-order chi connectivity index (χ1) is 9.69. The van der Waals surface area contributed by atoms with Crippen LogP contribution < -0.4 is 10.2 Å². The Labute approximate surface area is 121 Å². The fraction of sp³-hybridized carbons (Fsp3) is 0.733. The molecule has 5 heteroatoms. The molecular formula is C15H26N4O. The summed E-state index contributed by atoms with van der Waals surface area (Å²) in [5, 5.41) is 3.38. The first-order valence-electron chi connectivity index (χ1n) is 7.44. The van der Waals surface area contributed by atoms with Crippen molar-refractivity contribution in [3.05, 3.63) is 18.1 Å². The predicted molar refractivity (Wildman–Crippen MR) is 80.8 cm³/mol. The molecule has 1 aliphatic heterocycles. The Kier molecular flexibility index (Phi) is 5.73. The third-order valence-electron chi connectivity index (χ3n) is 3.56. The van der Waals surface area contributed by atoms with Gasteiger partial charge in [0.2, 0.25) is 0 Å². The van der Waals surface area contributed by atoms with Crippen LogP contribution in [0.2, 0.25) is 0 Å². The van der Waals surface area contributed by atoms with Gasteiger partial charge in [0.1, 0.15) is 5.82 Å². The highest BCUT2D eigenvalue weighted by atomic mass is 16.5.